The number of tetrazole rings is 1. The summed E-state index contributed by atoms with van der Waals surface area (Å²) in [5.41, 5.74) is 6.19. The van der Waals surface area contributed by atoms with E-state index in [2.05, 4.69) is 32.7 Å². The van der Waals surface area contributed by atoms with Gasteiger partial charge in [-0.2, -0.15) is 4.68 Å². The highest BCUT2D eigenvalue weighted by atomic mass is 35.5. The van der Waals surface area contributed by atoms with Gasteiger partial charge in [-0.1, -0.05) is 24.6 Å². The Morgan fingerprint density at radius 2 is 1.95 bits per heavy atom. The molecule has 0 bridgehead atoms. The Balaban J connectivity index is 1.27. The number of anilines is 1. The average Bonchev–Trinajstić information content (AvgIpc) is 3.67. The summed E-state index contributed by atoms with van der Waals surface area (Å²) in [6.45, 7) is 4.04. The standard InChI is InChI=1S/C28H23ClN8O3/c1-14-7-19-8-17(20-11-18(29)4-6-22(20)36-13-30-34-35-36)10-25(39)37(19)27(14)28-31-15(2)26(33-28)16-3-5-21-23(9-16)40-12-24(38)32-21/h3-6,8-11,13-14,27H,7,12H2,1-2H3,(H,31,33)(H,32,38)/t14-,27-/m0/s1. The fraction of sp³-hybridized carbons (Fsp3) is 0.214. The molecule has 12 heteroatoms. The Kier molecular flexibility index (Phi) is 5.56. The maximum Gasteiger partial charge on any atom is 0.262 e. The predicted octanol–water partition coefficient (Wildman–Crippen LogP) is 3.96. The van der Waals surface area contributed by atoms with Crippen molar-refractivity contribution in [3.8, 4) is 33.8 Å². The summed E-state index contributed by atoms with van der Waals surface area (Å²) in [5, 5.41) is 14.9. The first kappa shape index (κ1) is 24.3. The number of aromatic amines is 1. The number of carbonyl (C=O) groups is 1. The molecule has 0 radical (unpaired) electrons. The Bertz CT molecular complexity index is 1860. The number of benzene rings is 2. The number of pyridine rings is 1. The average molecular weight is 555 g/mol. The van der Waals surface area contributed by atoms with Crippen LogP contribution in [0.15, 0.2) is 59.7 Å². The highest BCUT2D eigenvalue weighted by molar-refractivity contribution is 6.31. The van der Waals surface area contributed by atoms with E-state index < -0.39 is 0 Å². The van der Waals surface area contributed by atoms with E-state index in [1.54, 1.807) is 16.8 Å². The molecule has 3 aromatic heterocycles. The molecular formula is C28H23ClN8O3. The van der Waals surface area contributed by atoms with Crippen LogP contribution in [-0.4, -0.2) is 47.3 Å². The Hall–Kier alpha value is -4.77. The zero-order valence-corrected chi connectivity index (χ0v) is 22.3. The summed E-state index contributed by atoms with van der Waals surface area (Å²) >= 11 is 6.34. The van der Waals surface area contributed by atoms with Gasteiger partial charge in [-0.15, -0.1) is 5.10 Å². The minimum absolute atomic E-state index is 0.0165. The fourth-order valence-electron chi connectivity index (χ4n) is 5.70. The van der Waals surface area contributed by atoms with Gasteiger partial charge in [0.05, 0.1) is 28.8 Å². The fourth-order valence-corrected chi connectivity index (χ4v) is 5.87. The second-order valence-corrected chi connectivity index (χ2v) is 10.6. The first-order chi connectivity index (χ1) is 19.4. The molecule has 5 heterocycles. The van der Waals surface area contributed by atoms with Crippen molar-refractivity contribution in [2.75, 3.05) is 11.9 Å². The number of rotatable bonds is 4. The molecule has 40 heavy (non-hydrogen) atoms. The van der Waals surface area contributed by atoms with Crippen molar-refractivity contribution in [3.05, 3.63) is 87.4 Å². The lowest BCUT2D eigenvalue weighted by atomic mass is 10.0. The maximum absolute atomic E-state index is 13.7. The van der Waals surface area contributed by atoms with Gasteiger partial charge >= 0.3 is 0 Å². The SMILES string of the molecule is Cc1nc([C@@H]2[C@@H](C)Cc3cc(-c4cc(Cl)ccc4-n4cnnn4)cc(=O)n32)[nH]c1-c1ccc2c(c1)OCC(=O)N2. The summed E-state index contributed by atoms with van der Waals surface area (Å²) in [6, 6.07) is 14.4. The van der Waals surface area contributed by atoms with E-state index in [-0.39, 0.29) is 30.0 Å². The number of hydrogen-bond donors (Lipinski definition) is 2. The van der Waals surface area contributed by atoms with Crippen molar-refractivity contribution < 1.29 is 9.53 Å². The third-order valence-electron chi connectivity index (χ3n) is 7.45. The van der Waals surface area contributed by atoms with Crippen LogP contribution in [-0.2, 0) is 11.2 Å². The minimum Gasteiger partial charge on any atom is -0.482 e. The van der Waals surface area contributed by atoms with Gasteiger partial charge in [0.25, 0.3) is 11.5 Å². The summed E-state index contributed by atoms with van der Waals surface area (Å²) < 4.78 is 8.97. The summed E-state index contributed by atoms with van der Waals surface area (Å²) in [5.74, 6) is 1.28. The van der Waals surface area contributed by atoms with Crippen molar-refractivity contribution in [1.82, 2.24) is 34.7 Å². The zero-order chi connectivity index (χ0) is 27.5. The van der Waals surface area contributed by atoms with Crippen LogP contribution in [0.1, 0.15) is 30.2 Å². The molecule has 0 fully saturated rings. The van der Waals surface area contributed by atoms with Crippen molar-refractivity contribution >= 4 is 23.2 Å². The van der Waals surface area contributed by atoms with Crippen LogP contribution in [0.3, 0.4) is 0 Å². The molecule has 2 aliphatic heterocycles. The molecule has 2 N–H and O–H groups in total. The van der Waals surface area contributed by atoms with E-state index in [0.717, 1.165) is 45.3 Å². The van der Waals surface area contributed by atoms with E-state index in [0.29, 0.717) is 22.9 Å². The number of hydrogen-bond acceptors (Lipinski definition) is 7. The highest BCUT2D eigenvalue weighted by Crippen LogP contribution is 2.39. The summed E-state index contributed by atoms with van der Waals surface area (Å²) in [4.78, 5) is 33.6. The van der Waals surface area contributed by atoms with Gasteiger partial charge in [0, 0.05) is 27.9 Å². The van der Waals surface area contributed by atoms with Gasteiger partial charge in [-0.25, -0.2) is 4.98 Å². The monoisotopic (exact) mass is 554 g/mol. The van der Waals surface area contributed by atoms with Gasteiger partial charge in [0.15, 0.2) is 6.61 Å². The number of amides is 1. The molecule has 0 spiro atoms. The molecule has 0 saturated heterocycles. The molecule has 11 nitrogen and oxygen atoms in total. The minimum atomic E-state index is -0.254. The largest absolute Gasteiger partial charge is 0.482 e. The number of nitrogens with one attached hydrogen (secondary N) is 2. The van der Waals surface area contributed by atoms with Crippen LogP contribution in [0, 0.1) is 12.8 Å². The van der Waals surface area contributed by atoms with Crippen LogP contribution >= 0.6 is 11.6 Å². The number of halogens is 1. The number of ether oxygens (including phenoxy) is 1. The van der Waals surface area contributed by atoms with Crippen molar-refractivity contribution in [2.45, 2.75) is 26.3 Å². The van der Waals surface area contributed by atoms with Crippen LogP contribution < -0.4 is 15.6 Å². The van der Waals surface area contributed by atoms with E-state index in [4.69, 9.17) is 21.3 Å². The molecule has 5 aromatic rings. The van der Waals surface area contributed by atoms with Crippen LogP contribution in [0.4, 0.5) is 5.69 Å². The maximum atomic E-state index is 13.7. The van der Waals surface area contributed by atoms with E-state index in [1.807, 2.05) is 47.9 Å². The van der Waals surface area contributed by atoms with Gasteiger partial charge in [0.2, 0.25) is 0 Å². The lowest BCUT2D eigenvalue weighted by Gasteiger charge is -2.18. The number of fused-ring (bicyclic) bond motifs is 2. The van der Waals surface area contributed by atoms with Crippen LogP contribution in [0.5, 0.6) is 5.75 Å². The smallest absolute Gasteiger partial charge is 0.262 e. The molecule has 2 aromatic carbocycles. The Morgan fingerprint density at radius 1 is 1.07 bits per heavy atom. The summed E-state index contributed by atoms with van der Waals surface area (Å²) in [7, 11) is 0. The number of H-pyrrole nitrogens is 1. The molecule has 7 rings (SSSR count). The number of nitrogens with zero attached hydrogens (tertiary/aromatic N) is 6. The van der Waals surface area contributed by atoms with Crippen molar-refractivity contribution in [2.24, 2.45) is 5.92 Å². The van der Waals surface area contributed by atoms with Crippen molar-refractivity contribution in [1.29, 1.82) is 0 Å². The second-order valence-electron chi connectivity index (χ2n) is 10.1. The Morgan fingerprint density at radius 3 is 2.77 bits per heavy atom. The van der Waals surface area contributed by atoms with Gasteiger partial charge < -0.3 is 19.6 Å². The topological polar surface area (TPSA) is 133 Å². The number of carbonyl (C=O) groups excluding carboxylic acids is 1. The third-order valence-corrected chi connectivity index (χ3v) is 7.68. The first-order valence-electron chi connectivity index (χ1n) is 12.8. The molecule has 0 saturated carbocycles. The third kappa shape index (κ3) is 3.97. The van der Waals surface area contributed by atoms with Crippen LogP contribution in [0.2, 0.25) is 5.02 Å². The lowest BCUT2D eigenvalue weighted by molar-refractivity contribution is -0.118. The van der Waals surface area contributed by atoms with Gasteiger partial charge in [-0.05, 0) is 71.7 Å². The summed E-state index contributed by atoms with van der Waals surface area (Å²) in [6.07, 6.45) is 2.21. The molecule has 2 atom stereocenters. The normalized spacial score (nSPS) is 17.7. The van der Waals surface area contributed by atoms with Crippen LogP contribution in [0.25, 0.3) is 28.1 Å². The van der Waals surface area contributed by atoms with Crippen molar-refractivity contribution in [3.63, 3.8) is 0 Å². The van der Waals surface area contributed by atoms with E-state index >= 15 is 0 Å². The molecule has 0 aliphatic carbocycles. The van der Waals surface area contributed by atoms with E-state index in [9.17, 15) is 9.59 Å². The van der Waals surface area contributed by atoms with Gasteiger partial charge in [-0.3, -0.25) is 9.59 Å². The molecular weight excluding hydrogens is 532 g/mol. The predicted molar refractivity (Wildman–Crippen MR) is 148 cm³/mol. The highest BCUT2D eigenvalue weighted by Gasteiger charge is 2.34. The second kappa shape index (κ2) is 9.16. The number of aryl methyl sites for hydroxylation is 1. The Labute approximate surface area is 232 Å². The first-order valence-corrected chi connectivity index (χ1v) is 13.2. The number of aromatic nitrogens is 7. The molecule has 1 amide bonds. The zero-order valence-electron chi connectivity index (χ0n) is 21.6. The van der Waals surface area contributed by atoms with Gasteiger partial charge in [0.1, 0.15) is 17.9 Å². The quantitative estimate of drug-likeness (QED) is 0.343. The molecule has 0 unspecified atom stereocenters. The number of imidazole rings is 1. The van der Waals surface area contributed by atoms with E-state index in [1.165, 1.54) is 6.33 Å². The lowest BCUT2D eigenvalue weighted by Crippen LogP contribution is -2.26. The molecule has 200 valence electrons. The molecule has 2 aliphatic rings.